The lowest BCUT2D eigenvalue weighted by Gasteiger charge is -2.12. The first-order chi connectivity index (χ1) is 12.2. The van der Waals surface area contributed by atoms with E-state index in [4.69, 9.17) is 15.3 Å². The van der Waals surface area contributed by atoms with Gasteiger partial charge < -0.3 is 19.8 Å². The van der Waals surface area contributed by atoms with Gasteiger partial charge in [0.1, 0.15) is 5.76 Å². The molecule has 0 aliphatic heterocycles. The molecule has 0 aliphatic carbocycles. The summed E-state index contributed by atoms with van der Waals surface area (Å²) in [6, 6.07) is 7.11. The van der Waals surface area contributed by atoms with Crippen molar-refractivity contribution >= 4 is 22.6 Å². The summed E-state index contributed by atoms with van der Waals surface area (Å²) in [6.07, 6.45) is -3.26. The van der Waals surface area contributed by atoms with Gasteiger partial charge >= 0.3 is 12.1 Å². The molecule has 0 aliphatic rings. The first-order valence-corrected chi connectivity index (χ1v) is 8.02. The predicted molar refractivity (Wildman–Crippen MR) is 90.1 cm³/mol. The number of rotatable bonds is 5. The number of nitrogens with zero attached hydrogens (tertiary/aromatic N) is 1. The molecule has 0 radical (unpaired) electrons. The van der Waals surface area contributed by atoms with Crippen molar-refractivity contribution in [1.82, 2.24) is 4.57 Å². The van der Waals surface area contributed by atoms with Gasteiger partial charge in [0, 0.05) is 22.3 Å². The summed E-state index contributed by atoms with van der Waals surface area (Å²) in [5, 5.41) is 8.99. The first kappa shape index (κ1) is 17.9. The number of carboxylic acids is 1. The highest BCUT2D eigenvalue weighted by Gasteiger charge is 2.36. The number of aromatic nitrogens is 1. The van der Waals surface area contributed by atoms with E-state index in [-0.39, 0.29) is 23.4 Å². The van der Waals surface area contributed by atoms with E-state index in [1.165, 1.54) is 24.3 Å². The number of alkyl halides is 3. The molecule has 138 valence electrons. The third-order valence-electron chi connectivity index (χ3n) is 4.18. The molecule has 0 saturated heterocycles. The molecule has 3 rings (SSSR count). The van der Waals surface area contributed by atoms with Crippen LogP contribution in [0, 0.1) is 0 Å². The van der Waals surface area contributed by atoms with Crippen molar-refractivity contribution in [3.8, 4) is 0 Å². The minimum absolute atomic E-state index is 0.0333. The third kappa shape index (κ3) is 3.14. The second-order valence-electron chi connectivity index (χ2n) is 6.00. The van der Waals surface area contributed by atoms with Gasteiger partial charge in [-0.2, -0.15) is 13.2 Å². The van der Waals surface area contributed by atoms with Crippen LogP contribution in [-0.4, -0.2) is 15.6 Å². The van der Waals surface area contributed by atoms with Crippen LogP contribution in [-0.2, 0) is 19.1 Å². The molecule has 2 aromatic heterocycles. The Morgan fingerprint density at radius 1 is 1.27 bits per heavy atom. The number of nitrogen functional groups attached to an aromatic ring is 1. The SMILES string of the molecule is CCCc1cc2c(C(F)(F)F)c(N)ccc2n1Cc1ccc(C(=O)O)o1. The Kier molecular flexibility index (Phi) is 4.43. The van der Waals surface area contributed by atoms with Crippen molar-refractivity contribution in [2.45, 2.75) is 32.5 Å². The molecule has 5 nitrogen and oxygen atoms in total. The number of aryl methyl sites for hydroxylation is 1. The predicted octanol–water partition coefficient (Wildman–Crippen LogP) is 4.53. The van der Waals surface area contributed by atoms with Crippen LogP contribution in [0.3, 0.4) is 0 Å². The summed E-state index contributed by atoms with van der Waals surface area (Å²) in [6.45, 7) is 2.06. The fourth-order valence-corrected chi connectivity index (χ4v) is 3.11. The maximum atomic E-state index is 13.5. The molecule has 0 amide bonds. The standard InChI is InChI=1S/C18H17F3N2O3/c1-2-3-10-8-12-14(6-5-13(22)16(12)18(19,20)21)23(10)9-11-4-7-15(26-11)17(24)25/h4-8H,2-3,9,22H2,1H3,(H,24,25). The number of fused-ring (bicyclic) bond motifs is 1. The normalized spacial score (nSPS) is 12.0. The molecule has 3 aromatic rings. The minimum atomic E-state index is -4.57. The summed E-state index contributed by atoms with van der Waals surface area (Å²) in [5.41, 5.74) is 5.49. The second-order valence-corrected chi connectivity index (χ2v) is 6.00. The Bertz CT molecular complexity index is 970. The average Bonchev–Trinajstić information content (AvgIpc) is 3.12. The van der Waals surface area contributed by atoms with Gasteiger partial charge in [-0.05, 0) is 36.8 Å². The van der Waals surface area contributed by atoms with Gasteiger partial charge in [-0.25, -0.2) is 4.79 Å². The Hall–Kier alpha value is -2.90. The maximum absolute atomic E-state index is 13.5. The number of benzene rings is 1. The van der Waals surface area contributed by atoms with Gasteiger partial charge in [0.05, 0.1) is 12.1 Å². The van der Waals surface area contributed by atoms with Crippen LogP contribution in [0.4, 0.5) is 18.9 Å². The smallest absolute Gasteiger partial charge is 0.419 e. The number of carboxylic acid groups (broad SMARTS) is 1. The number of aromatic carboxylic acids is 1. The zero-order valence-electron chi connectivity index (χ0n) is 13.9. The van der Waals surface area contributed by atoms with Gasteiger partial charge in [0.25, 0.3) is 0 Å². The maximum Gasteiger partial charge on any atom is 0.419 e. The van der Waals surface area contributed by atoms with E-state index < -0.39 is 17.7 Å². The van der Waals surface area contributed by atoms with E-state index in [0.29, 0.717) is 23.4 Å². The van der Waals surface area contributed by atoms with E-state index in [0.717, 1.165) is 6.42 Å². The highest BCUT2D eigenvalue weighted by Crippen LogP contribution is 2.40. The fourth-order valence-electron chi connectivity index (χ4n) is 3.11. The van der Waals surface area contributed by atoms with E-state index >= 15 is 0 Å². The highest BCUT2D eigenvalue weighted by atomic mass is 19.4. The molecule has 3 N–H and O–H groups in total. The van der Waals surface area contributed by atoms with Crippen LogP contribution in [0.5, 0.6) is 0 Å². The van der Waals surface area contributed by atoms with Crippen molar-refractivity contribution in [3.05, 3.63) is 53.1 Å². The lowest BCUT2D eigenvalue weighted by molar-refractivity contribution is -0.135. The second kappa shape index (κ2) is 6.44. The van der Waals surface area contributed by atoms with E-state index in [2.05, 4.69) is 0 Å². The number of nitrogens with two attached hydrogens (primary N) is 1. The summed E-state index contributed by atoms with van der Waals surface area (Å²) in [4.78, 5) is 11.0. The summed E-state index contributed by atoms with van der Waals surface area (Å²) in [5.74, 6) is -1.06. The average molecular weight is 366 g/mol. The zero-order valence-corrected chi connectivity index (χ0v) is 13.9. The van der Waals surface area contributed by atoms with E-state index in [1.807, 2.05) is 6.92 Å². The largest absolute Gasteiger partial charge is 0.475 e. The topological polar surface area (TPSA) is 81.4 Å². The van der Waals surface area contributed by atoms with Crippen molar-refractivity contribution in [1.29, 1.82) is 0 Å². The summed E-state index contributed by atoms with van der Waals surface area (Å²) in [7, 11) is 0. The van der Waals surface area contributed by atoms with Gasteiger partial charge in [0.2, 0.25) is 5.76 Å². The lowest BCUT2D eigenvalue weighted by Crippen LogP contribution is -2.10. The highest BCUT2D eigenvalue weighted by molar-refractivity contribution is 5.89. The number of carbonyl (C=O) groups is 1. The van der Waals surface area contributed by atoms with Crippen LogP contribution < -0.4 is 5.73 Å². The molecule has 0 unspecified atom stereocenters. The summed E-state index contributed by atoms with van der Waals surface area (Å²) < 4.78 is 47.3. The van der Waals surface area contributed by atoms with Crippen LogP contribution in [0.1, 0.15) is 40.9 Å². The lowest BCUT2D eigenvalue weighted by atomic mass is 10.1. The number of furan rings is 1. The van der Waals surface area contributed by atoms with Crippen LogP contribution >= 0.6 is 0 Å². The molecule has 0 spiro atoms. The Morgan fingerprint density at radius 2 is 2.00 bits per heavy atom. The third-order valence-corrected chi connectivity index (χ3v) is 4.18. The Labute approximate surface area is 146 Å². The summed E-state index contributed by atoms with van der Waals surface area (Å²) >= 11 is 0. The van der Waals surface area contributed by atoms with Crippen molar-refractivity contribution in [2.75, 3.05) is 5.73 Å². The molecular weight excluding hydrogens is 349 g/mol. The number of hydrogen-bond acceptors (Lipinski definition) is 3. The zero-order chi connectivity index (χ0) is 19.1. The Morgan fingerprint density at radius 3 is 2.58 bits per heavy atom. The van der Waals surface area contributed by atoms with Crippen molar-refractivity contribution in [2.24, 2.45) is 0 Å². The molecule has 0 bridgehead atoms. The first-order valence-electron chi connectivity index (χ1n) is 8.02. The molecule has 0 fully saturated rings. The van der Waals surface area contributed by atoms with Gasteiger partial charge in [0.15, 0.2) is 0 Å². The molecule has 26 heavy (non-hydrogen) atoms. The number of hydrogen-bond donors (Lipinski definition) is 2. The molecule has 0 saturated carbocycles. The van der Waals surface area contributed by atoms with Crippen LogP contribution in [0.2, 0.25) is 0 Å². The molecule has 8 heteroatoms. The van der Waals surface area contributed by atoms with E-state index in [1.54, 1.807) is 10.6 Å². The van der Waals surface area contributed by atoms with Gasteiger partial charge in [-0.15, -0.1) is 0 Å². The van der Waals surface area contributed by atoms with Gasteiger partial charge in [-0.3, -0.25) is 0 Å². The van der Waals surface area contributed by atoms with Crippen LogP contribution in [0.15, 0.2) is 34.7 Å². The molecule has 0 atom stereocenters. The van der Waals surface area contributed by atoms with Crippen molar-refractivity contribution in [3.63, 3.8) is 0 Å². The quantitative estimate of drug-likeness (QED) is 0.650. The number of halogens is 3. The fraction of sp³-hybridized carbons (Fsp3) is 0.278. The number of anilines is 1. The minimum Gasteiger partial charge on any atom is -0.475 e. The molecule has 1 aromatic carbocycles. The molecule has 2 heterocycles. The molecular formula is C18H17F3N2O3. The van der Waals surface area contributed by atoms with Crippen LogP contribution in [0.25, 0.3) is 10.9 Å². The van der Waals surface area contributed by atoms with Crippen molar-refractivity contribution < 1.29 is 27.5 Å². The Balaban J connectivity index is 2.16. The van der Waals surface area contributed by atoms with E-state index in [9.17, 15) is 18.0 Å². The van der Waals surface area contributed by atoms with Gasteiger partial charge in [-0.1, -0.05) is 13.3 Å². The monoisotopic (exact) mass is 366 g/mol.